The largest absolute Gasteiger partial charge is 0.490 e. The third-order valence-electron chi connectivity index (χ3n) is 5.63. The first kappa shape index (κ1) is 30.8. The number of nitrogens with zero attached hydrogens (tertiary/aromatic N) is 1. The fraction of sp³-hybridized carbons (Fsp3) is 0.357. The Balaban J connectivity index is 1.62. The summed E-state index contributed by atoms with van der Waals surface area (Å²) < 4.78 is 26.6. The van der Waals surface area contributed by atoms with Crippen molar-refractivity contribution in [2.75, 3.05) is 33.5 Å². The Labute approximate surface area is 237 Å². The SMILES string of the molecule is CCOC(=O)COc1cccc(/C=N/N[C@H](O)COc2ccc([C@@H]3NC(=O)NC(C)=C3C(=O)OC)cc2OCC)c1. The number of benzene rings is 2. The number of carbonyl (C=O) groups is 3. The number of allylic oxidation sites excluding steroid dienone is 1. The van der Waals surface area contributed by atoms with Crippen LogP contribution in [0.2, 0.25) is 0 Å². The van der Waals surface area contributed by atoms with Crippen molar-refractivity contribution < 1.29 is 43.2 Å². The molecule has 0 unspecified atom stereocenters. The highest BCUT2D eigenvalue weighted by atomic mass is 16.6. The Bertz CT molecular complexity index is 1300. The molecular formula is C28H34N4O9. The number of ether oxygens (including phenoxy) is 5. The van der Waals surface area contributed by atoms with Crippen LogP contribution in [0.5, 0.6) is 17.2 Å². The van der Waals surface area contributed by atoms with Gasteiger partial charge in [0.05, 0.1) is 38.2 Å². The van der Waals surface area contributed by atoms with E-state index in [1.165, 1.54) is 13.3 Å². The molecule has 2 amide bonds. The van der Waals surface area contributed by atoms with Gasteiger partial charge in [-0.1, -0.05) is 18.2 Å². The van der Waals surface area contributed by atoms with E-state index in [0.717, 1.165) is 0 Å². The van der Waals surface area contributed by atoms with E-state index in [4.69, 9.17) is 23.7 Å². The van der Waals surface area contributed by atoms with Crippen molar-refractivity contribution in [3.63, 3.8) is 0 Å². The van der Waals surface area contributed by atoms with Gasteiger partial charge in [0.15, 0.2) is 24.3 Å². The zero-order valence-corrected chi connectivity index (χ0v) is 23.3. The molecule has 2 atom stereocenters. The van der Waals surface area contributed by atoms with Gasteiger partial charge in [-0.15, -0.1) is 0 Å². The molecule has 220 valence electrons. The monoisotopic (exact) mass is 570 g/mol. The smallest absolute Gasteiger partial charge is 0.344 e. The summed E-state index contributed by atoms with van der Waals surface area (Å²) in [5.74, 6) is 0.118. The molecule has 1 heterocycles. The number of carbonyl (C=O) groups excluding carboxylic acids is 3. The van der Waals surface area contributed by atoms with Crippen LogP contribution in [0.25, 0.3) is 0 Å². The lowest BCUT2D eigenvalue weighted by Crippen LogP contribution is -2.45. The van der Waals surface area contributed by atoms with Crippen molar-refractivity contribution in [2.24, 2.45) is 5.10 Å². The third kappa shape index (κ3) is 8.86. The molecule has 2 aromatic rings. The summed E-state index contributed by atoms with van der Waals surface area (Å²) in [6.45, 7) is 5.36. The number of nitrogens with one attached hydrogen (secondary N) is 3. The highest BCUT2D eigenvalue weighted by Crippen LogP contribution is 2.34. The minimum Gasteiger partial charge on any atom is -0.490 e. The summed E-state index contributed by atoms with van der Waals surface area (Å²) in [6.07, 6.45) is 0.312. The number of hydrazone groups is 1. The molecule has 0 radical (unpaired) electrons. The summed E-state index contributed by atoms with van der Waals surface area (Å²) in [4.78, 5) is 36.0. The zero-order valence-electron chi connectivity index (χ0n) is 23.3. The summed E-state index contributed by atoms with van der Waals surface area (Å²) in [7, 11) is 1.27. The molecule has 0 aliphatic carbocycles. The molecule has 13 nitrogen and oxygen atoms in total. The second kappa shape index (κ2) is 15.1. The number of hydrogen-bond donors (Lipinski definition) is 4. The molecule has 41 heavy (non-hydrogen) atoms. The maximum atomic E-state index is 12.4. The molecule has 2 aromatic carbocycles. The second-order valence-electron chi connectivity index (χ2n) is 8.58. The molecule has 3 rings (SSSR count). The van der Waals surface area contributed by atoms with E-state index in [1.54, 1.807) is 63.2 Å². The van der Waals surface area contributed by atoms with Crippen LogP contribution in [0.15, 0.2) is 58.8 Å². The van der Waals surface area contributed by atoms with Gasteiger partial charge in [-0.25, -0.2) is 14.4 Å². The number of aliphatic hydroxyl groups excluding tert-OH is 1. The highest BCUT2D eigenvalue weighted by Gasteiger charge is 2.32. The fourth-order valence-electron chi connectivity index (χ4n) is 3.85. The van der Waals surface area contributed by atoms with Crippen molar-refractivity contribution in [1.29, 1.82) is 0 Å². The van der Waals surface area contributed by atoms with Gasteiger partial charge in [0.2, 0.25) is 0 Å². The molecule has 0 saturated heterocycles. The maximum Gasteiger partial charge on any atom is 0.344 e. The van der Waals surface area contributed by atoms with Crippen molar-refractivity contribution >= 4 is 24.2 Å². The van der Waals surface area contributed by atoms with Crippen LogP contribution in [0, 0.1) is 0 Å². The highest BCUT2D eigenvalue weighted by molar-refractivity contribution is 5.95. The maximum absolute atomic E-state index is 12.4. The van der Waals surface area contributed by atoms with E-state index in [1.807, 2.05) is 0 Å². The molecule has 0 spiro atoms. The average Bonchev–Trinajstić information content (AvgIpc) is 2.95. The second-order valence-corrected chi connectivity index (χ2v) is 8.58. The Morgan fingerprint density at radius 3 is 2.63 bits per heavy atom. The van der Waals surface area contributed by atoms with Crippen molar-refractivity contribution in [3.05, 3.63) is 64.9 Å². The van der Waals surface area contributed by atoms with E-state index >= 15 is 0 Å². The molecule has 0 fully saturated rings. The van der Waals surface area contributed by atoms with Gasteiger partial charge in [0.25, 0.3) is 0 Å². The van der Waals surface area contributed by atoms with Crippen molar-refractivity contribution in [3.8, 4) is 17.2 Å². The first-order valence-corrected chi connectivity index (χ1v) is 12.9. The number of methoxy groups -OCH3 is 1. The summed E-state index contributed by atoms with van der Waals surface area (Å²) in [5.41, 5.74) is 4.46. The van der Waals surface area contributed by atoms with E-state index in [0.29, 0.717) is 40.7 Å². The molecule has 0 saturated carbocycles. The van der Waals surface area contributed by atoms with Gasteiger partial charge in [0.1, 0.15) is 12.4 Å². The van der Waals surface area contributed by atoms with Gasteiger partial charge in [0, 0.05) is 5.70 Å². The Morgan fingerprint density at radius 1 is 1.10 bits per heavy atom. The number of aliphatic hydroxyl groups is 1. The van der Waals surface area contributed by atoms with Crippen LogP contribution in [0.4, 0.5) is 4.79 Å². The van der Waals surface area contributed by atoms with E-state index in [-0.39, 0.29) is 25.4 Å². The van der Waals surface area contributed by atoms with E-state index < -0.39 is 30.2 Å². The quantitative estimate of drug-likeness (QED) is 0.114. The van der Waals surface area contributed by atoms with Crippen molar-refractivity contribution in [1.82, 2.24) is 16.1 Å². The fourth-order valence-corrected chi connectivity index (χ4v) is 3.85. The van der Waals surface area contributed by atoms with Crippen molar-refractivity contribution in [2.45, 2.75) is 33.0 Å². The van der Waals surface area contributed by atoms with Crippen LogP contribution >= 0.6 is 0 Å². The predicted molar refractivity (Wildman–Crippen MR) is 148 cm³/mol. The van der Waals surface area contributed by atoms with Gasteiger partial charge in [-0.05, 0) is 56.2 Å². The first-order valence-electron chi connectivity index (χ1n) is 12.9. The third-order valence-corrected chi connectivity index (χ3v) is 5.63. The Morgan fingerprint density at radius 2 is 1.90 bits per heavy atom. The number of amides is 2. The molecule has 1 aliphatic rings. The zero-order chi connectivity index (χ0) is 29.8. The van der Waals surface area contributed by atoms with Crippen LogP contribution in [-0.2, 0) is 19.1 Å². The van der Waals surface area contributed by atoms with Crippen LogP contribution in [0.3, 0.4) is 0 Å². The van der Waals surface area contributed by atoms with Gasteiger partial charge < -0.3 is 39.4 Å². The Kier molecular flexibility index (Phi) is 11.3. The van der Waals surface area contributed by atoms with E-state index in [2.05, 4.69) is 21.2 Å². The molecule has 0 bridgehead atoms. The van der Waals surface area contributed by atoms with Gasteiger partial charge >= 0.3 is 18.0 Å². The van der Waals surface area contributed by atoms with E-state index in [9.17, 15) is 19.5 Å². The Hall–Kier alpha value is -4.78. The number of hydrogen-bond acceptors (Lipinski definition) is 11. The van der Waals surface area contributed by atoms with Crippen LogP contribution < -0.4 is 30.3 Å². The van der Waals surface area contributed by atoms with Crippen LogP contribution in [0.1, 0.15) is 37.9 Å². The summed E-state index contributed by atoms with van der Waals surface area (Å²) >= 11 is 0. The first-order chi connectivity index (χ1) is 19.7. The lowest BCUT2D eigenvalue weighted by atomic mass is 9.95. The summed E-state index contributed by atoms with van der Waals surface area (Å²) in [5, 5.41) is 19.6. The molecular weight excluding hydrogens is 536 g/mol. The number of urea groups is 1. The standard InChI is InChI=1S/C28H34N4O9/c1-5-38-22-13-19(26-25(27(35)37-4)17(3)30-28(36)31-26)10-11-21(22)41-15-23(33)32-29-14-18-8-7-9-20(12-18)40-16-24(34)39-6-2/h7-14,23,26,32-33H,5-6,15-16H2,1-4H3,(H2,30,31,36)/b29-14+/t23-,26+/m1/s1. The topological polar surface area (TPSA) is 166 Å². The molecule has 13 heteroatoms. The normalized spacial score (nSPS) is 15.4. The minimum absolute atomic E-state index is 0.171. The van der Waals surface area contributed by atoms with Gasteiger partial charge in [-0.3, -0.25) is 5.43 Å². The number of rotatable bonds is 14. The molecule has 1 aliphatic heterocycles. The molecule has 0 aromatic heterocycles. The predicted octanol–water partition coefficient (Wildman–Crippen LogP) is 2.15. The summed E-state index contributed by atoms with van der Waals surface area (Å²) in [6, 6.07) is 10.6. The number of esters is 2. The van der Waals surface area contributed by atoms with Gasteiger partial charge in [-0.2, -0.15) is 5.10 Å². The lowest BCUT2D eigenvalue weighted by molar-refractivity contribution is -0.145. The molecule has 4 N–H and O–H groups in total. The lowest BCUT2D eigenvalue weighted by Gasteiger charge is -2.28. The average molecular weight is 571 g/mol. The minimum atomic E-state index is -1.16. The van der Waals surface area contributed by atoms with Crippen LogP contribution in [-0.4, -0.2) is 69.1 Å².